The SMILES string of the molecule is CSCC(C)NS(=O)(=O)CCCO. The van der Waals surface area contributed by atoms with Crippen LogP contribution in [0.3, 0.4) is 0 Å². The fourth-order valence-corrected chi connectivity index (χ4v) is 2.92. The highest BCUT2D eigenvalue weighted by molar-refractivity contribution is 7.98. The molecule has 2 N–H and O–H groups in total. The first-order valence-corrected chi connectivity index (χ1v) is 7.16. The molecule has 0 amide bonds. The van der Waals surface area contributed by atoms with Gasteiger partial charge in [0, 0.05) is 18.4 Å². The van der Waals surface area contributed by atoms with Crippen molar-refractivity contribution in [1.29, 1.82) is 0 Å². The largest absolute Gasteiger partial charge is 0.396 e. The van der Waals surface area contributed by atoms with Gasteiger partial charge in [-0.05, 0) is 19.6 Å². The summed E-state index contributed by atoms with van der Waals surface area (Å²) >= 11 is 1.60. The van der Waals surface area contributed by atoms with Crippen molar-refractivity contribution in [2.24, 2.45) is 0 Å². The van der Waals surface area contributed by atoms with Gasteiger partial charge in [0.2, 0.25) is 10.0 Å². The maximum Gasteiger partial charge on any atom is 0.211 e. The van der Waals surface area contributed by atoms with Gasteiger partial charge >= 0.3 is 0 Å². The zero-order valence-electron chi connectivity index (χ0n) is 7.99. The minimum Gasteiger partial charge on any atom is -0.396 e. The van der Waals surface area contributed by atoms with Crippen LogP contribution < -0.4 is 4.72 Å². The van der Waals surface area contributed by atoms with Crippen molar-refractivity contribution >= 4 is 21.8 Å². The molecule has 0 aromatic rings. The second-order valence-electron chi connectivity index (χ2n) is 2.87. The van der Waals surface area contributed by atoms with E-state index in [2.05, 4.69) is 4.72 Å². The standard InChI is InChI=1S/C7H17NO3S2/c1-7(6-12-2)8-13(10,11)5-3-4-9/h7-9H,3-6H2,1-2H3. The Morgan fingerprint density at radius 1 is 1.54 bits per heavy atom. The van der Waals surface area contributed by atoms with E-state index in [4.69, 9.17) is 5.11 Å². The van der Waals surface area contributed by atoms with E-state index in [0.717, 1.165) is 5.75 Å². The van der Waals surface area contributed by atoms with E-state index in [1.165, 1.54) is 0 Å². The Labute approximate surface area is 84.2 Å². The van der Waals surface area contributed by atoms with Gasteiger partial charge in [-0.2, -0.15) is 11.8 Å². The van der Waals surface area contributed by atoms with Crippen LogP contribution in [0.1, 0.15) is 13.3 Å². The molecule has 0 saturated heterocycles. The van der Waals surface area contributed by atoms with Crippen LogP contribution in [0.4, 0.5) is 0 Å². The molecule has 0 aromatic carbocycles. The minimum absolute atomic E-state index is 0.00220. The highest BCUT2D eigenvalue weighted by Gasteiger charge is 2.12. The molecule has 0 saturated carbocycles. The third-order valence-electron chi connectivity index (χ3n) is 1.37. The zero-order chi connectivity index (χ0) is 10.3. The van der Waals surface area contributed by atoms with Crippen molar-refractivity contribution < 1.29 is 13.5 Å². The van der Waals surface area contributed by atoms with Crippen LogP contribution in [-0.4, -0.2) is 43.9 Å². The molecule has 0 bridgehead atoms. The molecular weight excluding hydrogens is 210 g/mol. The first-order valence-electron chi connectivity index (χ1n) is 4.11. The fourth-order valence-electron chi connectivity index (χ4n) is 0.904. The molecule has 4 nitrogen and oxygen atoms in total. The van der Waals surface area contributed by atoms with Gasteiger partial charge in [0.05, 0.1) is 5.75 Å². The van der Waals surface area contributed by atoms with E-state index in [1.54, 1.807) is 11.8 Å². The summed E-state index contributed by atoms with van der Waals surface area (Å²) in [6.45, 7) is 1.74. The van der Waals surface area contributed by atoms with Crippen LogP contribution in [0.15, 0.2) is 0 Å². The molecule has 0 heterocycles. The van der Waals surface area contributed by atoms with Gasteiger partial charge in [-0.3, -0.25) is 0 Å². The van der Waals surface area contributed by atoms with Crippen LogP contribution in [0.25, 0.3) is 0 Å². The average Bonchev–Trinajstić information content (AvgIpc) is 2.00. The molecule has 0 aromatic heterocycles. The highest BCUT2D eigenvalue weighted by atomic mass is 32.2. The van der Waals surface area contributed by atoms with Crippen LogP contribution in [0.5, 0.6) is 0 Å². The number of aliphatic hydroxyl groups is 1. The molecule has 6 heteroatoms. The molecule has 0 fully saturated rings. The summed E-state index contributed by atoms with van der Waals surface area (Å²) in [7, 11) is -3.19. The quantitative estimate of drug-likeness (QED) is 0.644. The number of sulfonamides is 1. The Morgan fingerprint density at radius 3 is 2.62 bits per heavy atom. The summed E-state index contributed by atoms with van der Waals surface area (Å²) in [5, 5.41) is 8.47. The molecule has 13 heavy (non-hydrogen) atoms. The first-order chi connectivity index (χ1) is 6.02. The average molecular weight is 227 g/mol. The Kier molecular flexibility index (Phi) is 6.75. The van der Waals surface area contributed by atoms with Crippen molar-refractivity contribution in [2.45, 2.75) is 19.4 Å². The van der Waals surface area contributed by atoms with E-state index in [0.29, 0.717) is 6.42 Å². The molecule has 80 valence electrons. The molecule has 1 atom stereocenters. The Balaban J connectivity index is 3.87. The summed E-state index contributed by atoms with van der Waals surface area (Å²) < 4.78 is 25.0. The van der Waals surface area contributed by atoms with E-state index < -0.39 is 10.0 Å². The molecule has 0 radical (unpaired) electrons. The van der Waals surface area contributed by atoms with Crippen LogP contribution in [-0.2, 0) is 10.0 Å². The van der Waals surface area contributed by atoms with Gasteiger partial charge in [-0.15, -0.1) is 0 Å². The molecule has 0 aliphatic carbocycles. The predicted octanol–water partition coefficient (Wildman–Crippen LogP) is 0.0397. The third kappa shape index (κ3) is 7.30. The normalized spacial score (nSPS) is 14.4. The van der Waals surface area contributed by atoms with E-state index in [-0.39, 0.29) is 18.4 Å². The number of hydrogen-bond acceptors (Lipinski definition) is 4. The van der Waals surface area contributed by atoms with Crippen molar-refractivity contribution in [3.8, 4) is 0 Å². The highest BCUT2D eigenvalue weighted by Crippen LogP contribution is 1.99. The lowest BCUT2D eigenvalue weighted by Crippen LogP contribution is -2.36. The van der Waals surface area contributed by atoms with E-state index in [1.807, 2.05) is 13.2 Å². The maximum absolute atomic E-state index is 11.2. The number of nitrogens with one attached hydrogen (secondary N) is 1. The molecule has 0 aliphatic rings. The Hall–Kier alpha value is 0.220. The molecular formula is C7H17NO3S2. The van der Waals surface area contributed by atoms with Crippen molar-refractivity contribution in [3.63, 3.8) is 0 Å². The minimum atomic E-state index is -3.19. The number of thioether (sulfide) groups is 1. The monoisotopic (exact) mass is 227 g/mol. The first kappa shape index (κ1) is 13.2. The van der Waals surface area contributed by atoms with Gasteiger partial charge in [0.1, 0.15) is 0 Å². The summed E-state index contributed by atoms with van der Waals surface area (Å²) in [6.07, 6.45) is 2.22. The van der Waals surface area contributed by atoms with Crippen LogP contribution in [0, 0.1) is 0 Å². The second kappa shape index (κ2) is 6.64. The molecule has 1 unspecified atom stereocenters. The van der Waals surface area contributed by atoms with E-state index in [9.17, 15) is 8.42 Å². The Morgan fingerprint density at radius 2 is 2.15 bits per heavy atom. The summed E-state index contributed by atoms with van der Waals surface area (Å²) in [4.78, 5) is 0. The fraction of sp³-hybridized carbons (Fsp3) is 1.00. The van der Waals surface area contributed by atoms with Crippen molar-refractivity contribution in [2.75, 3.05) is 24.4 Å². The summed E-state index contributed by atoms with van der Waals surface area (Å²) in [5.41, 5.74) is 0. The predicted molar refractivity (Wildman–Crippen MR) is 56.5 cm³/mol. The van der Waals surface area contributed by atoms with Crippen LogP contribution in [0.2, 0.25) is 0 Å². The Bertz CT molecular complexity index is 216. The maximum atomic E-state index is 11.2. The van der Waals surface area contributed by atoms with Crippen LogP contribution >= 0.6 is 11.8 Å². The van der Waals surface area contributed by atoms with Gasteiger partial charge in [0.25, 0.3) is 0 Å². The van der Waals surface area contributed by atoms with Gasteiger partial charge in [-0.1, -0.05) is 0 Å². The molecule has 0 aliphatic heterocycles. The van der Waals surface area contributed by atoms with Crippen molar-refractivity contribution in [1.82, 2.24) is 4.72 Å². The molecule has 0 spiro atoms. The van der Waals surface area contributed by atoms with Gasteiger partial charge in [0.15, 0.2) is 0 Å². The second-order valence-corrected chi connectivity index (χ2v) is 5.65. The lowest BCUT2D eigenvalue weighted by Gasteiger charge is -2.12. The smallest absolute Gasteiger partial charge is 0.211 e. The van der Waals surface area contributed by atoms with E-state index >= 15 is 0 Å². The number of rotatable bonds is 7. The number of hydrogen-bond donors (Lipinski definition) is 2. The van der Waals surface area contributed by atoms with Gasteiger partial charge in [-0.25, -0.2) is 13.1 Å². The summed E-state index contributed by atoms with van der Waals surface area (Å²) in [5.74, 6) is 0.764. The third-order valence-corrected chi connectivity index (χ3v) is 3.79. The molecule has 0 rings (SSSR count). The lowest BCUT2D eigenvalue weighted by molar-refractivity contribution is 0.295. The topological polar surface area (TPSA) is 66.4 Å². The zero-order valence-corrected chi connectivity index (χ0v) is 9.62. The number of aliphatic hydroxyl groups excluding tert-OH is 1. The van der Waals surface area contributed by atoms with Crippen molar-refractivity contribution in [3.05, 3.63) is 0 Å². The van der Waals surface area contributed by atoms with Gasteiger partial charge < -0.3 is 5.11 Å². The summed E-state index contributed by atoms with van der Waals surface area (Å²) in [6, 6.07) is -0.0429. The lowest BCUT2D eigenvalue weighted by atomic mass is 10.4.